The Morgan fingerprint density at radius 3 is 2.60 bits per heavy atom. The Labute approximate surface area is 148 Å². The number of amides is 2. The molecule has 0 heterocycles. The Kier molecular flexibility index (Phi) is 7.53. The van der Waals surface area contributed by atoms with Gasteiger partial charge in [0.1, 0.15) is 0 Å². The Hall–Kier alpha value is -2.28. The lowest BCUT2D eigenvalue weighted by molar-refractivity contribution is -0.142. The van der Waals surface area contributed by atoms with Crippen LogP contribution in [0.25, 0.3) is 0 Å². The summed E-state index contributed by atoms with van der Waals surface area (Å²) < 4.78 is 5.03. The fraction of sp³-hybridized carbons (Fsp3) is 0.556. The zero-order chi connectivity index (χ0) is 18.1. The molecule has 0 radical (unpaired) electrons. The molecule has 25 heavy (non-hydrogen) atoms. The van der Waals surface area contributed by atoms with Gasteiger partial charge in [-0.15, -0.1) is 0 Å². The van der Waals surface area contributed by atoms with Gasteiger partial charge in [-0.1, -0.05) is 18.2 Å². The van der Waals surface area contributed by atoms with E-state index < -0.39 is 5.97 Å². The number of carbonyl (C=O) groups excluding carboxylic acids is 1. The van der Waals surface area contributed by atoms with Crippen LogP contribution in [0.5, 0.6) is 0 Å². The summed E-state index contributed by atoms with van der Waals surface area (Å²) in [6.45, 7) is 1.74. The number of nitrogens with one attached hydrogen (secondary N) is 3. The summed E-state index contributed by atoms with van der Waals surface area (Å²) in [6.07, 6.45) is 2.65. The number of ether oxygens (including phenoxy) is 1. The molecule has 0 aliphatic heterocycles. The second-order valence-corrected chi connectivity index (χ2v) is 6.29. The van der Waals surface area contributed by atoms with Gasteiger partial charge in [-0.3, -0.25) is 4.79 Å². The van der Waals surface area contributed by atoms with Crippen molar-refractivity contribution >= 4 is 17.7 Å². The van der Waals surface area contributed by atoms with Crippen molar-refractivity contribution in [2.24, 2.45) is 5.92 Å². The maximum atomic E-state index is 12.1. The zero-order valence-corrected chi connectivity index (χ0v) is 14.6. The number of methoxy groups -OCH3 is 1. The van der Waals surface area contributed by atoms with Crippen LogP contribution in [0.3, 0.4) is 0 Å². The first-order chi connectivity index (χ1) is 12.1. The van der Waals surface area contributed by atoms with E-state index in [4.69, 9.17) is 9.84 Å². The lowest BCUT2D eigenvalue weighted by Crippen LogP contribution is -2.43. The minimum absolute atomic E-state index is 0.0469. The van der Waals surface area contributed by atoms with E-state index in [0.29, 0.717) is 45.4 Å². The van der Waals surface area contributed by atoms with Crippen molar-refractivity contribution in [3.63, 3.8) is 0 Å². The van der Waals surface area contributed by atoms with Crippen molar-refractivity contribution in [3.8, 4) is 0 Å². The van der Waals surface area contributed by atoms with Crippen LogP contribution in [-0.2, 0) is 16.1 Å². The minimum atomic E-state index is -0.736. The molecule has 7 nitrogen and oxygen atoms in total. The normalized spacial score (nSPS) is 19.9. The van der Waals surface area contributed by atoms with E-state index in [2.05, 4.69) is 16.0 Å². The molecule has 4 N–H and O–H groups in total. The molecule has 0 spiro atoms. The highest BCUT2D eigenvalue weighted by atomic mass is 16.5. The molecule has 0 bridgehead atoms. The minimum Gasteiger partial charge on any atom is -0.481 e. The van der Waals surface area contributed by atoms with Crippen LogP contribution in [0.1, 0.15) is 31.2 Å². The Bertz CT molecular complexity index is 571. The molecule has 7 heteroatoms. The Morgan fingerprint density at radius 2 is 1.92 bits per heavy atom. The van der Waals surface area contributed by atoms with Crippen molar-refractivity contribution in [1.29, 1.82) is 0 Å². The van der Waals surface area contributed by atoms with Crippen molar-refractivity contribution < 1.29 is 19.4 Å². The fourth-order valence-corrected chi connectivity index (χ4v) is 3.03. The molecule has 2 rings (SSSR count). The van der Waals surface area contributed by atoms with Gasteiger partial charge in [0, 0.05) is 31.9 Å². The molecule has 2 amide bonds. The third-order valence-electron chi connectivity index (χ3n) is 4.49. The highest BCUT2D eigenvalue weighted by Crippen LogP contribution is 2.24. The molecular weight excluding hydrogens is 322 g/mol. The highest BCUT2D eigenvalue weighted by Gasteiger charge is 2.26. The van der Waals surface area contributed by atoms with E-state index in [9.17, 15) is 9.59 Å². The number of para-hydroxylation sites is 1. The number of hydrogen-bond donors (Lipinski definition) is 4. The van der Waals surface area contributed by atoms with E-state index in [1.165, 1.54) is 0 Å². The largest absolute Gasteiger partial charge is 0.481 e. The quantitative estimate of drug-likeness (QED) is 0.539. The summed E-state index contributed by atoms with van der Waals surface area (Å²) in [5, 5.41) is 18.1. The molecule has 1 aliphatic rings. The summed E-state index contributed by atoms with van der Waals surface area (Å²) in [5.74, 6) is -1.01. The van der Waals surface area contributed by atoms with Gasteiger partial charge in [-0.05, 0) is 37.3 Å². The monoisotopic (exact) mass is 349 g/mol. The van der Waals surface area contributed by atoms with Crippen LogP contribution in [0.2, 0.25) is 0 Å². The number of aliphatic carboxylic acids is 1. The van der Waals surface area contributed by atoms with Gasteiger partial charge in [0.25, 0.3) is 0 Å². The number of urea groups is 1. The summed E-state index contributed by atoms with van der Waals surface area (Å²) in [6, 6.07) is 7.64. The van der Waals surface area contributed by atoms with Crippen LogP contribution in [0.15, 0.2) is 24.3 Å². The smallest absolute Gasteiger partial charge is 0.315 e. The Morgan fingerprint density at radius 1 is 1.20 bits per heavy atom. The molecule has 138 valence electrons. The molecule has 0 aromatic heterocycles. The number of carboxylic acids is 1. The molecule has 1 saturated carbocycles. The van der Waals surface area contributed by atoms with Crippen LogP contribution in [-0.4, -0.2) is 43.4 Å². The molecule has 1 aromatic rings. The van der Waals surface area contributed by atoms with Crippen molar-refractivity contribution in [2.75, 3.05) is 25.6 Å². The van der Waals surface area contributed by atoms with Gasteiger partial charge in [0.2, 0.25) is 0 Å². The first-order valence-electron chi connectivity index (χ1n) is 8.68. The number of rotatable bonds is 8. The SMILES string of the molecule is COCCNc1ccccc1CNC(=O)NC1CCC(C(=O)O)CC1. The van der Waals surface area contributed by atoms with E-state index in [1.54, 1.807) is 7.11 Å². The van der Waals surface area contributed by atoms with Crippen LogP contribution in [0.4, 0.5) is 10.5 Å². The van der Waals surface area contributed by atoms with Crippen molar-refractivity contribution in [1.82, 2.24) is 10.6 Å². The average molecular weight is 349 g/mol. The standard InChI is InChI=1S/C18H27N3O4/c1-25-11-10-19-16-5-3-2-4-14(16)12-20-18(24)21-15-8-6-13(7-9-15)17(22)23/h2-5,13,15,19H,6-12H2,1H3,(H,22,23)(H2,20,21,24). The highest BCUT2D eigenvalue weighted by molar-refractivity contribution is 5.74. The fourth-order valence-electron chi connectivity index (χ4n) is 3.03. The number of hydrogen-bond acceptors (Lipinski definition) is 4. The molecule has 1 fully saturated rings. The third kappa shape index (κ3) is 6.26. The van der Waals surface area contributed by atoms with Crippen LogP contribution >= 0.6 is 0 Å². The lowest BCUT2D eigenvalue weighted by atomic mass is 9.86. The number of carbonyl (C=O) groups is 2. The lowest BCUT2D eigenvalue weighted by Gasteiger charge is -2.26. The van der Waals surface area contributed by atoms with Gasteiger partial charge in [0.05, 0.1) is 12.5 Å². The molecule has 1 aliphatic carbocycles. The van der Waals surface area contributed by atoms with Gasteiger partial charge >= 0.3 is 12.0 Å². The van der Waals surface area contributed by atoms with Crippen LogP contribution in [0, 0.1) is 5.92 Å². The molecular formula is C18H27N3O4. The summed E-state index contributed by atoms with van der Waals surface area (Å²) in [7, 11) is 1.66. The van der Waals surface area contributed by atoms with Gasteiger partial charge < -0.3 is 25.8 Å². The second-order valence-electron chi connectivity index (χ2n) is 6.29. The average Bonchev–Trinajstić information content (AvgIpc) is 2.61. The summed E-state index contributed by atoms with van der Waals surface area (Å²) >= 11 is 0. The topological polar surface area (TPSA) is 99.7 Å². The van der Waals surface area contributed by atoms with Crippen LogP contribution < -0.4 is 16.0 Å². The molecule has 0 atom stereocenters. The first kappa shape index (κ1) is 19.1. The predicted molar refractivity (Wildman–Crippen MR) is 95.6 cm³/mol. The number of benzene rings is 1. The van der Waals surface area contributed by atoms with E-state index >= 15 is 0 Å². The number of carboxylic acid groups (broad SMARTS) is 1. The second kappa shape index (κ2) is 9.88. The molecule has 0 unspecified atom stereocenters. The van der Waals surface area contributed by atoms with Crippen molar-refractivity contribution in [3.05, 3.63) is 29.8 Å². The van der Waals surface area contributed by atoms with Gasteiger partial charge in [-0.2, -0.15) is 0 Å². The van der Waals surface area contributed by atoms with E-state index in [1.807, 2.05) is 24.3 Å². The summed E-state index contributed by atoms with van der Waals surface area (Å²) in [5.41, 5.74) is 1.98. The number of anilines is 1. The van der Waals surface area contributed by atoms with Crippen molar-refractivity contribution in [2.45, 2.75) is 38.3 Å². The Balaban J connectivity index is 1.76. The first-order valence-corrected chi connectivity index (χ1v) is 8.68. The van der Waals surface area contributed by atoms with E-state index in [-0.39, 0.29) is 18.0 Å². The van der Waals surface area contributed by atoms with Gasteiger partial charge in [0.15, 0.2) is 0 Å². The third-order valence-corrected chi connectivity index (χ3v) is 4.49. The summed E-state index contributed by atoms with van der Waals surface area (Å²) in [4.78, 5) is 23.0. The molecule has 0 saturated heterocycles. The predicted octanol–water partition coefficient (Wildman–Crippen LogP) is 2.19. The van der Waals surface area contributed by atoms with E-state index in [0.717, 1.165) is 11.3 Å². The molecule has 1 aromatic carbocycles. The van der Waals surface area contributed by atoms with Gasteiger partial charge in [-0.25, -0.2) is 4.79 Å². The maximum absolute atomic E-state index is 12.1. The maximum Gasteiger partial charge on any atom is 0.315 e. The zero-order valence-electron chi connectivity index (χ0n) is 14.6.